The number of aromatic nitrogens is 3. The summed E-state index contributed by atoms with van der Waals surface area (Å²) in [6, 6.07) is 1.79. The van der Waals surface area contributed by atoms with Gasteiger partial charge in [0.1, 0.15) is 18.0 Å². The van der Waals surface area contributed by atoms with Crippen molar-refractivity contribution in [2.45, 2.75) is 12.8 Å². The molecule has 0 unspecified atom stereocenters. The molecule has 0 bridgehead atoms. The fourth-order valence-corrected chi connectivity index (χ4v) is 2.14. The van der Waals surface area contributed by atoms with E-state index in [2.05, 4.69) is 19.9 Å². The molecule has 5 nitrogen and oxygen atoms in total. The highest BCUT2D eigenvalue weighted by Crippen LogP contribution is 2.25. The van der Waals surface area contributed by atoms with E-state index >= 15 is 0 Å². The van der Waals surface area contributed by atoms with Crippen molar-refractivity contribution in [1.82, 2.24) is 15.0 Å². The van der Waals surface area contributed by atoms with Crippen molar-refractivity contribution in [2.24, 2.45) is 0 Å². The number of nitrogens with zero attached hydrogens (tertiary/aromatic N) is 4. The van der Waals surface area contributed by atoms with Gasteiger partial charge in [0.25, 0.3) is 0 Å². The average Bonchev–Trinajstić information content (AvgIpc) is 2.81. The summed E-state index contributed by atoms with van der Waals surface area (Å²) in [5, 5.41) is 0.985. The predicted octanol–water partition coefficient (Wildman–Crippen LogP) is 1.21. The van der Waals surface area contributed by atoms with Gasteiger partial charge in [-0.25, -0.2) is 15.0 Å². The summed E-state index contributed by atoms with van der Waals surface area (Å²) >= 11 is 0. The van der Waals surface area contributed by atoms with Crippen LogP contribution in [0.4, 0.5) is 11.6 Å². The number of nitrogen functional groups attached to an aromatic ring is 1. The Bertz CT molecular complexity index is 519. The van der Waals surface area contributed by atoms with Gasteiger partial charge in [0.05, 0.1) is 10.9 Å². The molecule has 3 rings (SSSR count). The molecule has 2 N–H and O–H groups in total. The summed E-state index contributed by atoms with van der Waals surface area (Å²) < 4.78 is 0. The molecule has 0 aromatic carbocycles. The number of nitrogens with two attached hydrogens (primary N) is 1. The molecule has 2 aromatic rings. The van der Waals surface area contributed by atoms with Crippen LogP contribution in [0.1, 0.15) is 12.8 Å². The molecule has 1 aliphatic heterocycles. The van der Waals surface area contributed by atoms with E-state index in [-0.39, 0.29) is 0 Å². The Morgan fingerprint density at radius 2 is 1.94 bits per heavy atom. The minimum absolute atomic E-state index is 0.499. The highest BCUT2D eigenvalue weighted by molar-refractivity contribution is 5.89. The van der Waals surface area contributed by atoms with Gasteiger partial charge in [-0.15, -0.1) is 0 Å². The van der Waals surface area contributed by atoms with Crippen LogP contribution in [0.5, 0.6) is 0 Å². The maximum absolute atomic E-state index is 5.64. The SMILES string of the molecule is Nc1cc2ncnc(N3CCCC3)c2cn1. The third-order valence-electron chi connectivity index (χ3n) is 2.93. The molecule has 2 aromatic heterocycles. The second-order valence-electron chi connectivity index (χ2n) is 4.02. The predicted molar refractivity (Wildman–Crippen MR) is 63.2 cm³/mol. The number of rotatable bonds is 1. The molecule has 1 fully saturated rings. The van der Waals surface area contributed by atoms with Gasteiger partial charge >= 0.3 is 0 Å². The lowest BCUT2D eigenvalue weighted by atomic mass is 10.3. The number of fused-ring (bicyclic) bond motifs is 1. The lowest BCUT2D eigenvalue weighted by Gasteiger charge is -2.17. The molecule has 82 valence electrons. The first-order valence-electron chi connectivity index (χ1n) is 5.46. The van der Waals surface area contributed by atoms with Crippen LogP contribution in [0.25, 0.3) is 10.9 Å². The molecular formula is C11H13N5. The van der Waals surface area contributed by atoms with Crippen molar-refractivity contribution < 1.29 is 0 Å². The summed E-state index contributed by atoms with van der Waals surface area (Å²) in [7, 11) is 0. The molecule has 0 spiro atoms. The fourth-order valence-electron chi connectivity index (χ4n) is 2.14. The standard InChI is InChI=1S/C11H13N5/c12-10-5-9-8(6-13-10)11(15-7-14-9)16-3-1-2-4-16/h5-7H,1-4H2,(H2,12,13). The minimum Gasteiger partial charge on any atom is -0.384 e. The summed E-state index contributed by atoms with van der Waals surface area (Å²) in [5.74, 6) is 1.48. The van der Waals surface area contributed by atoms with Crippen LogP contribution < -0.4 is 10.6 Å². The Morgan fingerprint density at radius 3 is 2.75 bits per heavy atom. The largest absolute Gasteiger partial charge is 0.384 e. The molecule has 5 heteroatoms. The number of anilines is 2. The Morgan fingerprint density at radius 1 is 1.12 bits per heavy atom. The van der Waals surface area contributed by atoms with Crippen molar-refractivity contribution in [3.05, 3.63) is 18.6 Å². The molecule has 1 saturated heterocycles. The molecule has 0 radical (unpaired) electrons. The van der Waals surface area contributed by atoms with Gasteiger partial charge in [-0.2, -0.15) is 0 Å². The van der Waals surface area contributed by atoms with Crippen molar-refractivity contribution >= 4 is 22.5 Å². The summed E-state index contributed by atoms with van der Waals surface area (Å²) in [6.45, 7) is 2.13. The minimum atomic E-state index is 0.499. The Hall–Kier alpha value is -1.91. The lowest BCUT2D eigenvalue weighted by molar-refractivity contribution is 0.938. The maximum atomic E-state index is 5.64. The van der Waals surface area contributed by atoms with Gasteiger partial charge in [0, 0.05) is 25.4 Å². The quantitative estimate of drug-likeness (QED) is 0.774. The zero-order chi connectivity index (χ0) is 11.0. The van der Waals surface area contributed by atoms with E-state index < -0.39 is 0 Å². The van der Waals surface area contributed by atoms with Gasteiger partial charge in [-0.1, -0.05) is 0 Å². The van der Waals surface area contributed by atoms with Crippen LogP contribution in [0.2, 0.25) is 0 Å². The molecule has 16 heavy (non-hydrogen) atoms. The summed E-state index contributed by atoms with van der Waals surface area (Å²) in [5.41, 5.74) is 6.51. The molecule has 0 aliphatic carbocycles. The van der Waals surface area contributed by atoms with E-state index in [0.717, 1.165) is 29.8 Å². The molecule has 0 atom stereocenters. The monoisotopic (exact) mass is 215 g/mol. The number of pyridine rings is 1. The Labute approximate surface area is 93.3 Å². The van der Waals surface area contributed by atoms with Crippen LogP contribution in [-0.4, -0.2) is 28.0 Å². The van der Waals surface area contributed by atoms with Crippen LogP contribution in [-0.2, 0) is 0 Å². The van der Waals surface area contributed by atoms with Crippen LogP contribution >= 0.6 is 0 Å². The van der Waals surface area contributed by atoms with E-state index in [1.807, 2.05) is 0 Å². The van der Waals surface area contributed by atoms with Gasteiger partial charge in [-0.3, -0.25) is 0 Å². The third-order valence-corrected chi connectivity index (χ3v) is 2.93. The van der Waals surface area contributed by atoms with Crippen molar-refractivity contribution in [3.8, 4) is 0 Å². The highest BCUT2D eigenvalue weighted by atomic mass is 15.2. The van der Waals surface area contributed by atoms with Crippen LogP contribution in [0, 0.1) is 0 Å². The molecule has 0 amide bonds. The summed E-state index contributed by atoms with van der Waals surface area (Å²) in [6.07, 6.45) is 5.82. The van der Waals surface area contributed by atoms with Gasteiger partial charge in [-0.05, 0) is 12.8 Å². The second kappa shape index (κ2) is 3.59. The van der Waals surface area contributed by atoms with E-state index in [1.54, 1.807) is 18.6 Å². The van der Waals surface area contributed by atoms with Crippen LogP contribution in [0.15, 0.2) is 18.6 Å². The topological polar surface area (TPSA) is 67.9 Å². The lowest BCUT2D eigenvalue weighted by Crippen LogP contribution is -2.19. The normalized spacial score (nSPS) is 15.9. The first-order valence-corrected chi connectivity index (χ1v) is 5.46. The molecular weight excluding hydrogens is 202 g/mol. The Balaban J connectivity index is 2.16. The first-order chi connectivity index (χ1) is 7.84. The van der Waals surface area contributed by atoms with E-state index in [4.69, 9.17) is 5.73 Å². The molecule has 1 aliphatic rings. The zero-order valence-electron chi connectivity index (χ0n) is 8.93. The highest BCUT2D eigenvalue weighted by Gasteiger charge is 2.16. The van der Waals surface area contributed by atoms with Gasteiger partial charge < -0.3 is 10.6 Å². The van der Waals surface area contributed by atoms with Crippen molar-refractivity contribution in [1.29, 1.82) is 0 Å². The molecule has 0 saturated carbocycles. The van der Waals surface area contributed by atoms with Crippen LogP contribution in [0.3, 0.4) is 0 Å². The smallest absolute Gasteiger partial charge is 0.141 e. The van der Waals surface area contributed by atoms with E-state index in [0.29, 0.717) is 5.82 Å². The average molecular weight is 215 g/mol. The summed E-state index contributed by atoms with van der Waals surface area (Å²) in [4.78, 5) is 15.0. The number of hydrogen-bond acceptors (Lipinski definition) is 5. The third kappa shape index (κ3) is 1.44. The first kappa shape index (κ1) is 9.33. The fraction of sp³-hybridized carbons (Fsp3) is 0.364. The zero-order valence-corrected chi connectivity index (χ0v) is 8.93. The molecule has 3 heterocycles. The maximum Gasteiger partial charge on any atom is 0.141 e. The van der Waals surface area contributed by atoms with Crippen molar-refractivity contribution in [2.75, 3.05) is 23.7 Å². The van der Waals surface area contributed by atoms with E-state index in [1.165, 1.54) is 12.8 Å². The Kier molecular flexibility index (Phi) is 2.09. The second-order valence-corrected chi connectivity index (χ2v) is 4.02. The van der Waals surface area contributed by atoms with Gasteiger partial charge in [0.15, 0.2) is 0 Å². The van der Waals surface area contributed by atoms with E-state index in [9.17, 15) is 0 Å². The van der Waals surface area contributed by atoms with Crippen molar-refractivity contribution in [3.63, 3.8) is 0 Å². The number of hydrogen-bond donors (Lipinski definition) is 1. The van der Waals surface area contributed by atoms with Gasteiger partial charge in [0.2, 0.25) is 0 Å².